The molecule has 1 saturated carbocycles. The smallest absolute Gasteiger partial charge is 0.303 e. The van der Waals surface area contributed by atoms with E-state index in [0.29, 0.717) is 12.8 Å². The minimum Gasteiger partial charge on any atom is -0.481 e. The third kappa shape index (κ3) is 3.68. The highest BCUT2D eigenvalue weighted by molar-refractivity contribution is 5.94. The van der Waals surface area contributed by atoms with Crippen molar-refractivity contribution in [3.63, 3.8) is 0 Å². The maximum Gasteiger partial charge on any atom is 0.303 e. The van der Waals surface area contributed by atoms with Crippen molar-refractivity contribution in [2.75, 3.05) is 6.54 Å². The molecule has 0 heterocycles. The number of rotatable bonds is 5. The summed E-state index contributed by atoms with van der Waals surface area (Å²) < 4.78 is 52.9. The van der Waals surface area contributed by atoms with Crippen molar-refractivity contribution in [1.29, 1.82) is 0 Å². The molecule has 0 saturated heterocycles. The summed E-state index contributed by atoms with van der Waals surface area (Å²) in [5.41, 5.74) is -1.64. The lowest BCUT2D eigenvalue weighted by atomic mass is 9.81. The van der Waals surface area contributed by atoms with E-state index in [4.69, 9.17) is 5.11 Å². The lowest BCUT2D eigenvalue weighted by Crippen LogP contribution is -2.38. The molecule has 2 N–H and O–H groups in total. The lowest BCUT2D eigenvalue weighted by molar-refractivity contribution is -0.139. The van der Waals surface area contributed by atoms with Crippen LogP contribution in [0.5, 0.6) is 0 Å². The molecule has 1 aliphatic carbocycles. The van der Waals surface area contributed by atoms with Gasteiger partial charge in [0.15, 0.2) is 23.3 Å². The number of carboxylic acid groups (broad SMARTS) is 1. The highest BCUT2D eigenvalue weighted by atomic mass is 19.2. The topological polar surface area (TPSA) is 66.4 Å². The van der Waals surface area contributed by atoms with E-state index >= 15 is 0 Å². The maximum absolute atomic E-state index is 13.6. The van der Waals surface area contributed by atoms with Crippen molar-refractivity contribution >= 4 is 11.9 Å². The van der Waals surface area contributed by atoms with Crippen LogP contribution in [0.2, 0.25) is 0 Å². The zero-order valence-corrected chi connectivity index (χ0v) is 13.0. The highest BCUT2D eigenvalue weighted by Crippen LogP contribution is 2.43. The van der Waals surface area contributed by atoms with Gasteiger partial charge in [-0.25, -0.2) is 17.6 Å². The first-order chi connectivity index (χ1) is 11.1. The standard InChI is InChI=1S/C16H17F4NO3/c1-8-2-3-16(5-8,6-11(22)23)7-21-15(24)9-4-10(17)13(19)14(20)12(9)18/h4,8H,2-3,5-7H2,1H3,(H,21,24)(H,22,23). The molecule has 1 aromatic carbocycles. The van der Waals surface area contributed by atoms with Gasteiger partial charge in [0.1, 0.15) is 0 Å². The minimum atomic E-state index is -2.06. The van der Waals surface area contributed by atoms with E-state index in [2.05, 4.69) is 5.32 Å². The van der Waals surface area contributed by atoms with Gasteiger partial charge in [-0.1, -0.05) is 13.3 Å². The van der Waals surface area contributed by atoms with Crippen LogP contribution in [0.4, 0.5) is 17.6 Å². The largest absolute Gasteiger partial charge is 0.481 e. The second-order valence-electron chi connectivity index (χ2n) is 6.45. The molecule has 4 nitrogen and oxygen atoms in total. The van der Waals surface area contributed by atoms with Crippen LogP contribution in [0.1, 0.15) is 43.0 Å². The number of halogens is 4. The Hall–Kier alpha value is -2.12. The monoisotopic (exact) mass is 347 g/mol. The van der Waals surface area contributed by atoms with Crippen LogP contribution in [-0.2, 0) is 4.79 Å². The van der Waals surface area contributed by atoms with Crippen molar-refractivity contribution in [1.82, 2.24) is 5.32 Å². The molecule has 1 aromatic rings. The third-order valence-corrected chi connectivity index (χ3v) is 4.45. The van der Waals surface area contributed by atoms with Gasteiger partial charge >= 0.3 is 5.97 Å². The lowest BCUT2D eigenvalue weighted by Gasteiger charge is -2.28. The van der Waals surface area contributed by atoms with E-state index in [0.717, 1.165) is 6.42 Å². The minimum absolute atomic E-state index is 0.0669. The zero-order valence-electron chi connectivity index (χ0n) is 13.0. The Morgan fingerprint density at radius 2 is 1.92 bits per heavy atom. The van der Waals surface area contributed by atoms with Gasteiger partial charge in [0, 0.05) is 6.54 Å². The molecule has 24 heavy (non-hydrogen) atoms. The van der Waals surface area contributed by atoms with Crippen LogP contribution < -0.4 is 5.32 Å². The normalized spacial score (nSPS) is 23.3. The van der Waals surface area contributed by atoms with E-state index in [-0.39, 0.29) is 24.9 Å². The maximum atomic E-state index is 13.6. The van der Waals surface area contributed by atoms with Crippen molar-refractivity contribution < 1.29 is 32.3 Å². The average Bonchev–Trinajstić information content (AvgIpc) is 2.87. The summed E-state index contributed by atoms with van der Waals surface area (Å²) in [5.74, 6) is -9.37. The predicted molar refractivity (Wildman–Crippen MR) is 76.3 cm³/mol. The summed E-state index contributed by atoms with van der Waals surface area (Å²) >= 11 is 0. The van der Waals surface area contributed by atoms with E-state index < -0.39 is 46.1 Å². The van der Waals surface area contributed by atoms with Crippen molar-refractivity contribution in [2.24, 2.45) is 11.3 Å². The molecular weight excluding hydrogens is 330 g/mol. The van der Waals surface area contributed by atoms with Gasteiger partial charge in [-0.3, -0.25) is 9.59 Å². The Morgan fingerprint density at radius 1 is 1.25 bits per heavy atom. The summed E-state index contributed by atoms with van der Waals surface area (Å²) in [6, 6.07) is 0.282. The molecule has 0 bridgehead atoms. The molecule has 1 fully saturated rings. The predicted octanol–water partition coefficient (Wildman–Crippen LogP) is 3.25. The van der Waals surface area contributed by atoms with Gasteiger partial charge in [0.25, 0.3) is 5.91 Å². The van der Waals surface area contributed by atoms with Crippen molar-refractivity contribution in [3.8, 4) is 0 Å². The number of hydrogen-bond donors (Lipinski definition) is 2. The Kier molecular flexibility index (Phi) is 5.15. The summed E-state index contributed by atoms with van der Waals surface area (Å²) in [5, 5.41) is 11.4. The van der Waals surface area contributed by atoms with Gasteiger partial charge in [-0.2, -0.15) is 0 Å². The number of amides is 1. The summed E-state index contributed by atoms with van der Waals surface area (Å²) in [6.45, 7) is 1.89. The zero-order chi connectivity index (χ0) is 18.1. The molecule has 2 atom stereocenters. The molecule has 2 unspecified atom stereocenters. The van der Waals surface area contributed by atoms with Gasteiger partial charge < -0.3 is 10.4 Å². The Labute approximate surface area is 135 Å². The molecule has 132 valence electrons. The molecule has 8 heteroatoms. The molecule has 1 amide bonds. The van der Waals surface area contributed by atoms with Crippen LogP contribution in [0.3, 0.4) is 0 Å². The summed E-state index contributed by atoms with van der Waals surface area (Å²) in [6.07, 6.45) is 1.74. The second-order valence-corrected chi connectivity index (χ2v) is 6.45. The molecule has 0 radical (unpaired) electrons. The molecule has 0 aromatic heterocycles. The average molecular weight is 347 g/mol. The summed E-state index contributed by atoms with van der Waals surface area (Å²) in [4.78, 5) is 23.0. The first-order valence-electron chi connectivity index (χ1n) is 7.48. The second kappa shape index (κ2) is 6.78. The van der Waals surface area contributed by atoms with Crippen molar-refractivity contribution in [2.45, 2.75) is 32.6 Å². The quantitative estimate of drug-likeness (QED) is 0.488. The summed E-state index contributed by atoms with van der Waals surface area (Å²) in [7, 11) is 0. The molecule has 0 spiro atoms. The number of carboxylic acids is 1. The van der Waals surface area contributed by atoms with Crippen molar-refractivity contribution in [3.05, 3.63) is 34.9 Å². The van der Waals surface area contributed by atoms with E-state index in [9.17, 15) is 27.2 Å². The molecule has 2 rings (SSSR count). The van der Waals surface area contributed by atoms with Crippen LogP contribution in [0.15, 0.2) is 6.07 Å². The molecule has 1 aliphatic rings. The van der Waals surface area contributed by atoms with E-state index in [1.54, 1.807) is 0 Å². The van der Waals surface area contributed by atoms with Crippen LogP contribution in [-0.4, -0.2) is 23.5 Å². The van der Waals surface area contributed by atoms with Crippen LogP contribution >= 0.6 is 0 Å². The molecule has 0 aliphatic heterocycles. The fourth-order valence-corrected chi connectivity index (χ4v) is 3.30. The first kappa shape index (κ1) is 18.2. The van der Waals surface area contributed by atoms with Gasteiger partial charge in [0.2, 0.25) is 0 Å². The van der Waals surface area contributed by atoms with Crippen LogP contribution in [0, 0.1) is 34.6 Å². The number of nitrogens with one attached hydrogen (secondary N) is 1. The third-order valence-electron chi connectivity index (χ3n) is 4.45. The van der Waals surface area contributed by atoms with Gasteiger partial charge in [-0.15, -0.1) is 0 Å². The molecular formula is C16H17F4NO3. The Bertz CT molecular complexity index is 680. The van der Waals surface area contributed by atoms with Gasteiger partial charge in [0.05, 0.1) is 12.0 Å². The fraction of sp³-hybridized carbons (Fsp3) is 0.500. The van der Waals surface area contributed by atoms with Crippen LogP contribution in [0.25, 0.3) is 0 Å². The number of hydrogen-bond acceptors (Lipinski definition) is 2. The fourth-order valence-electron chi connectivity index (χ4n) is 3.30. The number of benzene rings is 1. The Morgan fingerprint density at radius 3 is 2.46 bits per heavy atom. The van der Waals surface area contributed by atoms with Gasteiger partial charge in [-0.05, 0) is 30.2 Å². The highest BCUT2D eigenvalue weighted by Gasteiger charge is 2.39. The first-order valence-corrected chi connectivity index (χ1v) is 7.48. The Balaban J connectivity index is 2.16. The van der Waals surface area contributed by atoms with E-state index in [1.807, 2.05) is 6.92 Å². The number of carbonyl (C=O) groups excluding carboxylic acids is 1. The SMILES string of the molecule is CC1CCC(CNC(=O)c2cc(F)c(F)c(F)c2F)(CC(=O)O)C1. The van der Waals surface area contributed by atoms with E-state index in [1.165, 1.54) is 0 Å². The number of aliphatic carboxylic acids is 1. The number of carbonyl (C=O) groups is 2.